The molecule has 0 aromatic heterocycles. The number of hydrogen-bond acceptors (Lipinski definition) is 4. The SMILES string of the molecule is COc1c(Br)cccc1CN1CCN(C(=O)OC(C)(C)C)C2(CC2)C1. The van der Waals surface area contributed by atoms with Gasteiger partial charge < -0.3 is 9.47 Å². The van der Waals surface area contributed by atoms with E-state index in [1.807, 2.05) is 37.8 Å². The van der Waals surface area contributed by atoms with E-state index in [4.69, 9.17) is 9.47 Å². The molecule has 6 heteroatoms. The lowest BCUT2D eigenvalue weighted by Crippen LogP contribution is -2.57. The van der Waals surface area contributed by atoms with Crippen molar-refractivity contribution in [3.05, 3.63) is 28.2 Å². The summed E-state index contributed by atoms with van der Waals surface area (Å²) < 4.78 is 12.1. The zero-order valence-corrected chi connectivity index (χ0v) is 17.1. The molecule has 1 aromatic rings. The molecule has 1 amide bonds. The highest BCUT2D eigenvalue weighted by Crippen LogP contribution is 2.45. The molecule has 25 heavy (non-hydrogen) atoms. The van der Waals surface area contributed by atoms with Gasteiger partial charge >= 0.3 is 6.09 Å². The number of halogens is 1. The molecule has 5 nitrogen and oxygen atoms in total. The van der Waals surface area contributed by atoms with Gasteiger partial charge in [0.2, 0.25) is 0 Å². The average Bonchev–Trinajstić information content (AvgIpc) is 3.25. The molecule has 1 aliphatic heterocycles. The molecule has 0 N–H and O–H groups in total. The minimum Gasteiger partial charge on any atom is -0.495 e. The van der Waals surface area contributed by atoms with Crippen molar-refractivity contribution < 1.29 is 14.3 Å². The van der Waals surface area contributed by atoms with Crippen LogP contribution in [0.5, 0.6) is 5.75 Å². The summed E-state index contributed by atoms with van der Waals surface area (Å²) in [5.74, 6) is 0.891. The second-order valence-electron chi connectivity index (χ2n) is 8.00. The Labute approximate surface area is 158 Å². The van der Waals surface area contributed by atoms with E-state index in [-0.39, 0.29) is 11.6 Å². The first kappa shape index (κ1) is 18.5. The fourth-order valence-corrected chi connectivity index (χ4v) is 4.09. The number of carbonyl (C=O) groups excluding carboxylic acids is 1. The topological polar surface area (TPSA) is 42.0 Å². The number of para-hydroxylation sites is 1. The third-order valence-corrected chi connectivity index (χ3v) is 5.44. The maximum Gasteiger partial charge on any atom is 0.410 e. The maximum absolute atomic E-state index is 12.5. The number of hydrogen-bond donors (Lipinski definition) is 0. The van der Waals surface area contributed by atoms with Crippen LogP contribution in [0.15, 0.2) is 22.7 Å². The number of nitrogens with zero attached hydrogens (tertiary/aromatic N) is 2. The first-order chi connectivity index (χ1) is 11.7. The van der Waals surface area contributed by atoms with Crippen molar-refractivity contribution in [1.29, 1.82) is 0 Å². The third-order valence-electron chi connectivity index (χ3n) is 4.82. The summed E-state index contributed by atoms with van der Waals surface area (Å²) in [5, 5.41) is 0. The van der Waals surface area contributed by atoms with Gasteiger partial charge in [-0.15, -0.1) is 0 Å². The van der Waals surface area contributed by atoms with Crippen LogP contribution in [0.2, 0.25) is 0 Å². The van der Waals surface area contributed by atoms with Crippen molar-refractivity contribution in [1.82, 2.24) is 9.80 Å². The summed E-state index contributed by atoms with van der Waals surface area (Å²) in [7, 11) is 1.70. The molecule has 0 radical (unpaired) electrons. The summed E-state index contributed by atoms with van der Waals surface area (Å²) in [4.78, 5) is 16.9. The van der Waals surface area contributed by atoms with Crippen molar-refractivity contribution >= 4 is 22.0 Å². The second-order valence-corrected chi connectivity index (χ2v) is 8.85. The number of piperazine rings is 1. The van der Waals surface area contributed by atoms with Gasteiger partial charge in [-0.05, 0) is 55.6 Å². The van der Waals surface area contributed by atoms with Crippen LogP contribution in [-0.4, -0.2) is 53.8 Å². The standard InChI is InChI=1S/C19H27BrN2O3/c1-18(2,3)25-17(23)22-11-10-21(13-19(22)8-9-19)12-14-6-5-7-15(20)16(14)24-4/h5-7H,8-13H2,1-4H3. The highest BCUT2D eigenvalue weighted by Gasteiger charge is 2.54. The Balaban J connectivity index is 1.68. The van der Waals surface area contributed by atoms with Crippen LogP contribution in [0.4, 0.5) is 4.79 Å². The zero-order chi connectivity index (χ0) is 18.2. The van der Waals surface area contributed by atoms with E-state index in [0.29, 0.717) is 6.54 Å². The summed E-state index contributed by atoms with van der Waals surface area (Å²) in [6.07, 6.45) is 1.93. The summed E-state index contributed by atoms with van der Waals surface area (Å²) >= 11 is 3.55. The smallest absolute Gasteiger partial charge is 0.410 e. The molecule has 0 atom stereocenters. The van der Waals surface area contributed by atoms with Crippen molar-refractivity contribution in [2.75, 3.05) is 26.7 Å². The Kier molecular flexibility index (Phi) is 5.04. The highest BCUT2D eigenvalue weighted by molar-refractivity contribution is 9.10. The minimum atomic E-state index is -0.450. The molecule has 0 bridgehead atoms. The van der Waals surface area contributed by atoms with Crippen LogP contribution in [0.25, 0.3) is 0 Å². The quantitative estimate of drug-likeness (QED) is 0.753. The first-order valence-electron chi connectivity index (χ1n) is 8.78. The van der Waals surface area contributed by atoms with Gasteiger partial charge in [0.1, 0.15) is 11.4 Å². The van der Waals surface area contributed by atoms with Crippen LogP contribution in [0.1, 0.15) is 39.2 Å². The third kappa shape index (κ3) is 4.11. The van der Waals surface area contributed by atoms with E-state index < -0.39 is 5.60 Å². The molecule has 1 spiro atoms. The van der Waals surface area contributed by atoms with Gasteiger partial charge in [-0.2, -0.15) is 0 Å². The van der Waals surface area contributed by atoms with Gasteiger partial charge in [0.25, 0.3) is 0 Å². The first-order valence-corrected chi connectivity index (χ1v) is 9.58. The Hall–Kier alpha value is -1.27. The van der Waals surface area contributed by atoms with Crippen molar-refractivity contribution in [3.63, 3.8) is 0 Å². The number of ether oxygens (including phenoxy) is 2. The van der Waals surface area contributed by atoms with E-state index in [9.17, 15) is 4.79 Å². The maximum atomic E-state index is 12.5. The number of rotatable bonds is 3. The Morgan fingerprint density at radius 3 is 2.60 bits per heavy atom. The summed E-state index contributed by atoms with van der Waals surface area (Å²) in [5.41, 5.74) is 0.673. The largest absolute Gasteiger partial charge is 0.495 e. The predicted octanol–water partition coefficient (Wildman–Crippen LogP) is 4.04. The van der Waals surface area contributed by atoms with Crippen molar-refractivity contribution in [2.45, 2.75) is 51.3 Å². The fraction of sp³-hybridized carbons (Fsp3) is 0.632. The Morgan fingerprint density at radius 2 is 2.00 bits per heavy atom. The highest BCUT2D eigenvalue weighted by atomic mass is 79.9. The Morgan fingerprint density at radius 1 is 1.28 bits per heavy atom. The lowest BCUT2D eigenvalue weighted by atomic mass is 10.1. The van der Waals surface area contributed by atoms with Crippen LogP contribution in [0, 0.1) is 0 Å². The predicted molar refractivity (Wildman–Crippen MR) is 101 cm³/mol. The second kappa shape index (κ2) is 6.80. The number of amides is 1. The molecular formula is C19H27BrN2O3. The van der Waals surface area contributed by atoms with E-state index in [0.717, 1.165) is 42.7 Å². The van der Waals surface area contributed by atoms with Crippen LogP contribution < -0.4 is 4.74 Å². The molecule has 1 heterocycles. The molecule has 2 fully saturated rings. The summed E-state index contributed by atoms with van der Waals surface area (Å²) in [6.45, 7) is 9.02. The molecule has 1 saturated carbocycles. The van der Waals surface area contributed by atoms with Crippen molar-refractivity contribution in [3.8, 4) is 5.75 Å². The molecule has 1 aromatic carbocycles. The van der Waals surface area contributed by atoms with Crippen LogP contribution in [-0.2, 0) is 11.3 Å². The Bertz CT molecular complexity index is 653. The monoisotopic (exact) mass is 410 g/mol. The van der Waals surface area contributed by atoms with E-state index >= 15 is 0 Å². The molecule has 3 rings (SSSR count). The van der Waals surface area contributed by atoms with Gasteiger partial charge in [0, 0.05) is 31.7 Å². The fourth-order valence-electron chi connectivity index (χ4n) is 3.52. The number of benzene rings is 1. The minimum absolute atomic E-state index is 0.0418. The normalized spacial score (nSPS) is 19.8. The molecule has 1 aliphatic carbocycles. The summed E-state index contributed by atoms with van der Waals surface area (Å²) in [6, 6.07) is 6.13. The van der Waals surface area contributed by atoms with E-state index in [1.54, 1.807) is 7.11 Å². The number of methoxy groups -OCH3 is 1. The van der Waals surface area contributed by atoms with Crippen LogP contribution in [0.3, 0.4) is 0 Å². The molecule has 1 saturated heterocycles. The number of carbonyl (C=O) groups is 1. The molecule has 138 valence electrons. The molecule has 0 unspecified atom stereocenters. The van der Waals surface area contributed by atoms with E-state index in [2.05, 4.69) is 26.9 Å². The average molecular weight is 411 g/mol. The lowest BCUT2D eigenvalue weighted by molar-refractivity contribution is -0.00817. The van der Waals surface area contributed by atoms with Gasteiger partial charge in [-0.3, -0.25) is 9.80 Å². The molecule has 2 aliphatic rings. The van der Waals surface area contributed by atoms with Gasteiger partial charge in [0.05, 0.1) is 17.1 Å². The van der Waals surface area contributed by atoms with Gasteiger partial charge in [-0.25, -0.2) is 4.79 Å². The van der Waals surface area contributed by atoms with Crippen LogP contribution >= 0.6 is 15.9 Å². The lowest BCUT2D eigenvalue weighted by Gasteiger charge is -2.42. The van der Waals surface area contributed by atoms with E-state index in [1.165, 1.54) is 5.56 Å². The zero-order valence-electron chi connectivity index (χ0n) is 15.5. The molecular weight excluding hydrogens is 384 g/mol. The van der Waals surface area contributed by atoms with Gasteiger partial charge in [0.15, 0.2) is 0 Å². The van der Waals surface area contributed by atoms with Crippen molar-refractivity contribution in [2.24, 2.45) is 0 Å². The van der Waals surface area contributed by atoms with Gasteiger partial charge in [-0.1, -0.05) is 12.1 Å².